The summed E-state index contributed by atoms with van der Waals surface area (Å²) in [6, 6.07) is 9.08. The number of pyridine rings is 1. The van der Waals surface area contributed by atoms with E-state index in [1.54, 1.807) is 18.2 Å². The summed E-state index contributed by atoms with van der Waals surface area (Å²) in [7, 11) is 0. The van der Waals surface area contributed by atoms with Crippen LogP contribution in [0.5, 0.6) is 5.75 Å². The number of hydrogen-bond donors (Lipinski definition) is 2. The zero-order chi connectivity index (χ0) is 13.1. The van der Waals surface area contributed by atoms with E-state index in [0.29, 0.717) is 11.4 Å². The number of aromatic hydroxyl groups is 1. The molecule has 0 aliphatic rings. The lowest BCUT2D eigenvalue weighted by Crippen LogP contribution is -2.12. The van der Waals surface area contributed by atoms with Gasteiger partial charge in [-0.3, -0.25) is 4.79 Å². The summed E-state index contributed by atoms with van der Waals surface area (Å²) in [5.74, 6) is -0.113. The minimum Gasteiger partial charge on any atom is -0.506 e. The van der Waals surface area contributed by atoms with Crippen LogP contribution in [-0.2, 0) is 0 Å². The van der Waals surface area contributed by atoms with Crippen LogP contribution in [0.2, 0.25) is 10.2 Å². The van der Waals surface area contributed by atoms with Gasteiger partial charge in [0.25, 0.3) is 5.91 Å². The van der Waals surface area contributed by atoms with E-state index in [4.69, 9.17) is 23.2 Å². The third-order valence-electron chi connectivity index (χ3n) is 2.17. The lowest BCUT2D eigenvalue weighted by Gasteiger charge is -2.05. The van der Waals surface area contributed by atoms with Crippen molar-refractivity contribution in [1.29, 1.82) is 0 Å². The van der Waals surface area contributed by atoms with Gasteiger partial charge in [0.15, 0.2) is 0 Å². The number of nitrogens with zero attached hydrogens (tertiary/aromatic N) is 1. The molecule has 6 heteroatoms. The Morgan fingerprint density at radius 2 is 2.00 bits per heavy atom. The summed E-state index contributed by atoms with van der Waals surface area (Å²) >= 11 is 11.4. The number of amides is 1. The van der Waals surface area contributed by atoms with Gasteiger partial charge in [-0.1, -0.05) is 29.3 Å². The minimum atomic E-state index is -0.383. The Kier molecular flexibility index (Phi) is 3.69. The van der Waals surface area contributed by atoms with Crippen LogP contribution in [0, 0.1) is 0 Å². The third-order valence-corrected chi connectivity index (χ3v) is 2.68. The highest BCUT2D eigenvalue weighted by atomic mass is 35.5. The smallest absolute Gasteiger partial charge is 0.256 e. The van der Waals surface area contributed by atoms with E-state index in [9.17, 15) is 9.90 Å². The predicted octanol–water partition coefficient (Wildman–Crippen LogP) is 3.35. The maximum atomic E-state index is 11.9. The van der Waals surface area contributed by atoms with E-state index in [0.717, 1.165) is 0 Å². The predicted molar refractivity (Wildman–Crippen MR) is 70.3 cm³/mol. The molecule has 0 saturated heterocycles. The summed E-state index contributed by atoms with van der Waals surface area (Å²) in [6.45, 7) is 0. The fourth-order valence-electron chi connectivity index (χ4n) is 1.31. The Morgan fingerprint density at radius 1 is 1.22 bits per heavy atom. The molecular weight excluding hydrogens is 275 g/mol. The quantitative estimate of drug-likeness (QED) is 0.831. The second-order valence-electron chi connectivity index (χ2n) is 3.47. The van der Waals surface area contributed by atoms with Crippen molar-refractivity contribution >= 4 is 34.9 Å². The Labute approximate surface area is 113 Å². The number of rotatable bonds is 2. The van der Waals surface area contributed by atoms with Gasteiger partial charge in [-0.2, -0.15) is 0 Å². The molecule has 0 aliphatic heterocycles. The Morgan fingerprint density at radius 3 is 2.67 bits per heavy atom. The van der Waals surface area contributed by atoms with E-state index in [1.807, 2.05) is 0 Å². The van der Waals surface area contributed by atoms with Crippen LogP contribution in [0.1, 0.15) is 10.4 Å². The van der Waals surface area contributed by atoms with E-state index >= 15 is 0 Å². The zero-order valence-corrected chi connectivity index (χ0v) is 10.5. The molecule has 92 valence electrons. The molecule has 2 rings (SSSR count). The van der Waals surface area contributed by atoms with Crippen LogP contribution in [0.4, 0.5) is 5.82 Å². The van der Waals surface area contributed by atoms with E-state index in [-0.39, 0.29) is 21.8 Å². The van der Waals surface area contributed by atoms with Gasteiger partial charge < -0.3 is 10.4 Å². The zero-order valence-electron chi connectivity index (χ0n) is 9.02. The molecule has 18 heavy (non-hydrogen) atoms. The molecule has 0 fully saturated rings. The fraction of sp³-hybridized carbons (Fsp3) is 0. The first-order valence-corrected chi connectivity index (χ1v) is 5.74. The van der Waals surface area contributed by atoms with Crippen LogP contribution in [-0.4, -0.2) is 16.0 Å². The number of carbonyl (C=O) groups excluding carboxylic acids is 1. The van der Waals surface area contributed by atoms with Crippen molar-refractivity contribution in [3.63, 3.8) is 0 Å². The fourth-order valence-corrected chi connectivity index (χ4v) is 1.66. The topological polar surface area (TPSA) is 62.2 Å². The second kappa shape index (κ2) is 5.25. The highest BCUT2D eigenvalue weighted by molar-refractivity contribution is 6.32. The number of aromatic nitrogens is 1. The number of phenolic OH excluding ortho intramolecular Hbond substituents is 1. The Hall–Kier alpha value is -1.78. The molecule has 2 N–H and O–H groups in total. The maximum absolute atomic E-state index is 11.9. The van der Waals surface area contributed by atoms with E-state index < -0.39 is 0 Å². The van der Waals surface area contributed by atoms with Gasteiger partial charge >= 0.3 is 0 Å². The van der Waals surface area contributed by atoms with Crippen molar-refractivity contribution in [2.45, 2.75) is 0 Å². The summed E-state index contributed by atoms with van der Waals surface area (Å²) in [5, 5.41) is 12.2. The molecule has 0 unspecified atom stereocenters. The van der Waals surface area contributed by atoms with Crippen molar-refractivity contribution in [1.82, 2.24) is 4.98 Å². The SMILES string of the molecule is O=C(Nc1cccc(Cl)n1)c1ccc(O)c(Cl)c1. The standard InChI is InChI=1S/C12H8Cl2N2O2/c13-8-6-7(4-5-9(8)17)12(18)16-11-3-1-2-10(14)15-11/h1-6,17H,(H,15,16,18). The number of halogens is 2. The van der Waals surface area contributed by atoms with E-state index in [2.05, 4.69) is 10.3 Å². The van der Waals surface area contributed by atoms with Crippen LogP contribution in [0.15, 0.2) is 36.4 Å². The number of nitrogens with one attached hydrogen (secondary N) is 1. The van der Waals surface area contributed by atoms with Gasteiger partial charge in [-0.25, -0.2) is 4.98 Å². The summed E-state index contributed by atoms with van der Waals surface area (Å²) in [5.41, 5.74) is 0.319. The van der Waals surface area contributed by atoms with Crippen LogP contribution in [0.25, 0.3) is 0 Å². The molecule has 0 aliphatic carbocycles. The first kappa shape index (κ1) is 12.7. The highest BCUT2D eigenvalue weighted by Gasteiger charge is 2.09. The Balaban J connectivity index is 2.19. The summed E-state index contributed by atoms with van der Waals surface area (Å²) in [4.78, 5) is 15.8. The molecular formula is C12H8Cl2N2O2. The van der Waals surface area contributed by atoms with Gasteiger partial charge in [0.05, 0.1) is 5.02 Å². The number of phenols is 1. The van der Waals surface area contributed by atoms with Crippen molar-refractivity contribution in [3.8, 4) is 5.75 Å². The molecule has 4 nitrogen and oxygen atoms in total. The minimum absolute atomic E-state index is 0.0749. The number of hydrogen-bond acceptors (Lipinski definition) is 3. The van der Waals surface area contributed by atoms with Gasteiger partial charge in [0.1, 0.15) is 16.7 Å². The van der Waals surface area contributed by atoms with Gasteiger partial charge in [-0.15, -0.1) is 0 Å². The largest absolute Gasteiger partial charge is 0.506 e. The molecule has 0 spiro atoms. The summed E-state index contributed by atoms with van der Waals surface area (Å²) < 4.78 is 0. The van der Waals surface area contributed by atoms with Crippen LogP contribution >= 0.6 is 23.2 Å². The molecule has 0 bridgehead atoms. The molecule has 0 radical (unpaired) electrons. The molecule has 2 aromatic rings. The number of anilines is 1. The number of benzene rings is 1. The van der Waals surface area contributed by atoms with Gasteiger partial charge in [0.2, 0.25) is 0 Å². The monoisotopic (exact) mass is 282 g/mol. The first-order valence-electron chi connectivity index (χ1n) is 4.98. The highest BCUT2D eigenvalue weighted by Crippen LogP contribution is 2.24. The average molecular weight is 283 g/mol. The van der Waals surface area contributed by atoms with Gasteiger partial charge in [0, 0.05) is 5.56 Å². The van der Waals surface area contributed by atoms with Crippen molar-refractivity contribution in [2.75, 3.05) is 5.32 Å². The van der Waals surface area contributed by atoms with Crippen LogP contribution in [0.3, 0.4) is 0 Å². The van der Waals surface area contributed by atoms with Crippen molar-refractivity contribution in [2.24, 2.45) is 0 Å². The molecule has 0 atom stereocenters. The molecule has 1 heterocycles. The van der Waals surface area contributed by atoms with Crippen molar-refractivity contribution < 1.29 is 9.90 Å². The molecule has 1 aromatic carbocycles. The normalized spacial score (nSPS) is 10.1. The van der Waals surface area contributed by atoms with Crippen LogP contribution < -0.4 is 5.32 Å². The maximum Gasteiger partial charge on any atom is 0.256 e. The second-order valence-corrected chi connectivity index (χ2v) is 4.26. The van der Waals surface area contributed by atoms with Gasteiger partial charge in [-0.05, 0) is 30.3 Å². The molecule has 0 saturated carbocycles. The lowest BCUT2D eigenvalue weighted by molar-refractivity contribution is 0.102. The average Bonchev–Trinajstić information content (AvgIpc) is 2.32. The summed E-state index contributed by atoms with van der Waals surface area (Å²) in [6.07, 6.45) is 0. The lowest BCUT2D eigenvalue weighted by atomic mass is 10.2. The van der Waals surface area contributed by atoms with E-state index in [1.165, 1.54) is 18.2 Å². The molecule has 1 amide bonds. The van der Waals surface area contributed by atoms with Crippen molar-refractivity contribution in [3.05, 3.63) is 52.1 Å². The third kappa shape index (κ3) is 2.91. The Bertz CT molecular complexity index is 602. The first-order chi connectivity index (χ1) is 8.56. The molecule has 1 aromatic heterocycles. The number of carbonyl (C=O) groups is 1.